The van der Waals surface area contributed by atoms with Crippen LogP contribution in [0.3, 0.4) is 0 Å². The van der Waals surface area contributed by atoms with Crippen molar-refractivity contribution < 1.29 is 13.9 Å². The fourth-order valence-electron chi connectivity index (χ4n) is 2.68. The number of hydrogen-bond donors (Lipinski definition) is 0. The molecule has 1 fully saturated rings. The Morgan fingerprint density at radius 3 is 2.79 bits per heavy atom. The molecule has 3 aromatic rings. The van der Waals surface area contributed by atoms with Gasteiger partial charge in [0.1, 0.15) is 5.82 Å². The van der Waals surface area contributed by atoms with E-state index in [9.17, 15) is 9.18 Å². The Morgan fingerprint density at radius 2 is 2.12 bits per heavy atom. The summed E-state index contributed by atoms with van der Waals surface area (Å²) in [6.07, 6.45) is 5.31. The van der Waals surface area contributed by atoms with Crippen LogP contribution < -0.4 is 0 Å². The van der Waals surface area contributed by atoms with Crippen LogP contribution in [-0.4, -0.2) is 27.4 Å². The highest BCUT2D eigenvalue weighted by molar-refractivity contribution is 9.10. The van der Waals surface area contributed by atoms with E-state index >= 15 is 0 Å². The molecule has 0 amide bonds. The fraction of sp³-hybridized carbons (Fsp3) is 0.235. The Morgan fingerprint density at radius 1 is 1.33 bits per heavy atom. The molecule has 4 rings (SSSR count). The molecule has 0 bridgehead atoms. The lowest BCUT2D eigenvalue weighted by Crippen LogP contribution is -2.08. The largest absolute Gasteiger partial charge is 0.464 e. The van der Waals surface area contributed by atoms with Gasteiger partial charge in [-0.15, -0.1) is 0 Å². The van der Waals surface area contributed by atoms with Crippen LogP contribution in [0.15, 0.2) is 35.1 Å². The van der Waals surface area contributed by atoms with E-state index in [1.54, 1.807) is 28.9 Å². The van der Waals surface area contributed by atoms with Gasteiger partial charge >= 0.3 is 5.97 Å². The second kappa shape index (κ2) is 5.66. The van der Waals surface area contributed by atoms with Crippen molar-refractivity contribution in [1.29, 1.82) is 0 Å². The summed E-state index contributed by atoms with van der Waals surface area (Å²) < 4.78 is 21.4. The number of aromatic nitrogens is 3. The fourth-order valence-corrected chi connectivity index (χ4v) is 3.02. The number of hydrogen-bond acceptors (Lipinski definition) is 4. The van der Waals surface area contributed by atoms with E-state index in [-0.39, 0.29) is 11.5 Å². The number of ether oxygens (including phenoxy) is 1. The standard InChI is InChI=1S/C17H13BrFN3O2/c1-24-17(23)14-8-22-7-13(11-5-4-10(18)6-12(11)19)21-16(22)15(20-14)9-2-3-9/h4-9H,2-3H2,1H3. The lowest BCUT2D eigenvalue weighted by atomic mass is 10.1. The van der Waals surface area contributed by atoms with E-state index in [0.717, 1.165) is 18.5 Å². The average molecular weight is 390 g/mol. The zero-order chi connectivity index (χ0) is 16.8. The minimum Gasteiger partial charge on any atom is -0.464 e. The number of carbonyl (C=O) groups excluding carboxylic acids is 1. The molecule has 1 aliphatic carbocycles. The van der Waals surface area contributed by atoms with Gasteiger partial charge in [-0.25, -0.2) is 19.2 Å². The van der Waals surface area contributed by atoms with Crippen molar-refractivity contribution in [3.8, 4) is 11.3 Å². The zero-order valence-electron chi connectivity index (χ0n) is 12.8. The quantitative estimate of drug-likeness (QED) is 0.636. The van der Waals surface area contributed by atoms with E-state index in [4.69, 9.17) is 4.74 Å². The Bertz CT molecular complexity index is 966. The number of esters is 1. The van der Waals surface area contributed by atoms with Gasteiger partial charge in [-0.3, -0.25) is 0 Å². The summed E-state index contributed by atoms with van der Waals surface area (Å²) >= 11 is 3.25. The van der Waals surface area contributed by atoms with Gasteiger partial charge < -0.3 is 9.14 Å². The molecule has 0 atom stereocenters. The average Bonchev–Trinajstić information content (AvgIpc) is 3.32. The molecule has 7 heteroatoms. The summed E-state index contributed by atoms with van der Waals surface area (Å²) in [4.78, 5) is 20.8. The number of carbonyl (C=O) groups is 1. The minimum atomic E-state index is -0.496. The zero-order valence-corrected chi connectivity index (χ0v) is 14.4. The first-order chi connectivity index (χ1) is 11.6. The summed E-state index contributed by atoms with van der Waals surface area (Å²) in [5, 5.41) is 0. The molecule has 122 valence electrons. The molecule has 1 saturated carbocycles. The van der Waals surface area contributed by atoms with Crippen molar-refractivity contribution in [1.82, 2.24) is 14.4 Å². The predicted molar refractivity (Wildman–Crippen MR) is 89.4 cm³/mol. The van der Waals surface area contributed by atoms with Crippen LogP contribution in [0.4, 0.5) is 4.39 Å². The first-order valence-corrected chi connectivity index (χ1v) is 8.29. The van der Waals surface area contributed by atoms with E-state index in [1.165, 1.54) is 13.2 Å². The number of benzene rings is 1. The second-order valence-corrected chi connectivity index (χ2v) is 6.67. The van der Waals surface area contributed by atoms with Gasteiger partial charge in [-0.2, -0.15) is 0 Å². The molecule has 0 aliphatic heterocycles. The maximum atomic E-state index is 14.2. The van der Waals surface area contributed by atoms with Crippen molar-refractivity contribution >= 4 is 27.5 Å². The summed E-state index contributed by atoms with van der Waals surface area (Å²) in [5.74, 6) is -0.562. The molecule has 5 nitrogen and oxygen atoms in total. The molecule has 0 N–H and O–H groups in total. The number of rotatable bonds is 3. The molecule has 0 radical (unpaired) electrons. The van der Waals surface area contributed by atoms with Gasteiger partial charge in [-0.05, 0) is 31.0 Å². The minimum absolute atomic E-state index is 0.229. The molecule has 0 saturated heterocycles. The highest BCUT2D eigenvalue weighted by Crippen LogP contribution is 2.41. The van der Waals surface area contributed by atoms with Crippen molar-refractivity contribution in [2.24, 2.45) is 0 Å². The van der Waals surface area contributed by atoms with Gasteiger partial charge in [0.25, 0.3) is 0 Å². The maximum Gasteiger partial charge on any atom is 0.358 e. The van der Waals surface area contributed by atoms with Crippen LogP contribution in [0.5, 0.6) is 0 Å². The first-order valence-electron chi connectivity index (χ1n) is 7.50. The lowest BCUT2D eigenvalue weighted by molar-refractivity contribution is 0.0593. The van der Waals surface area contributed by atoms with Crippen LogP contribution in [0.1, 0.15) is 34.9 Å². The van der Waals surface area contributed by atoms with Gasteiger partial charge in [0.15, 0.2) is 11.3 Å². The lowest BCUT2D eigenvalue weighted by Gasteiger charge is -2.04. The second-order valence-electron chi connectivity index (χ2n) is 5.76. The van der Waals surface area contributed by atoms with Gasteiger partial charge in [-0.1, -0.05) is 15.9 Å². The topological polar surface area (TPSA) is 56.5 Å². The molecular formula is C17H13BrFN3O2. The smallest absolute Gasteiger partial charge is 0.358 e. The molecule has 0 unspecified atom stereocenters. The van der Waals surface area contributed by atoms with Gasteiger partial charge in [0.2, 0.25) is 0 Å². The molecule has 24 heavy (non-hydrogen) atoms. The third-order valence-corrected chi connectivity index (χ3v) is 4.52. The molecule has 0 spiro atoms. The normalized spacial score (nSPS) is 14.1. The van der Waals surface area contributed by atoms with E-state index < -0.39 is 5.97 Å². The van der Waals surface area contributed by atoms with E-state index in [0.29, 0.717) is 27.3 Å². The number of imidazole rings is 1. The maximum absolute atomic E-state index is 14.2. The summed E-state index contributed by atoms with van der Waals surface area (Å²) in [6.45, 7) is 0. The van der Waals surface area contributed by atoms with Crippen LogP contribution in [0.25, 0.3) is 16.9 Å². The molecular weight excluding hydrogens is 377 g/mol. The van der Waals surface area contributed by atoms with Crippen molar-refractivity contribution in [3.05, 3.63) is 52.3 Å². The summed E-state index contributed by atoms with van der Waals surface area (Å²) in [5.41, 5.74) is 2.56. The van der Waals surface area contributed by atoms with Crippen molar-refractivity contribution in [2.75, 3.05) is 7.11 Å². The molecule has 2 aromatic heterocycles. The third kappa shape index (κ3) is 2.58. The number of fused-ring (bicyclic) bond motifs is 1. The van der Waals surface area contributed by atoms with Crippen LogP contribution in [0.2, 0.25) is 0 Å². The summed E-state index contributed by atoms with van der Waals surface area (Å²) in [7, 11) is 1.32. The Labute approximate surface area is 145 Å². The third-order valence-electron chi connectivity index (χ3n) is 4.03. The molecule has 1 aromatic carbocycles. The Balaban J connectivity index is 1.90. The van der Waals surface area contributed by atoms with Crippen molar-refractivity contribution in [2.45, 2.75) is 18.8 Å². The number of nitrogens with zero attached hydrogens (tertiary/aromatic N) is 3. The highest BCUT2D eigenvalue weighted by atomic mass is 79.9. The first kappa shape index (κ1) is 15.3. The van der Waals surface area contributed by atoms with E-state index in [2.05, 4.69) is 25.9 Å². The number of halogens is 2. The van der Waals surface area contributed by atoms with Crippen LogP contribution in [-0.2, 0) is 4.74 Å². The predicted octanol–water partition coefficient (Wildman–Crippen LogP) is 3.96. The summed E-state index contributed by atoms with van der Waals surface area (Å²) in [6, 6.07) is 4.84. The molecule has 1 aliphatic rings. The Kier molecular flexibility index (Phi) is 3.60. The van der Waals surface area contributed by atoms with E-state index in [1.807, 2.05) is 0 Å². The van der Waals surface area contributed by atoms with Crippen LogP contribution in [0, 0.1) is 5.82 Å². The SMILES string of the molecule is COC(=O)c1cn2cc(-c3ccc(Br)cc3F)nc2c(C2CC2)n1. The van der Waals surface area contributed by atoms with Gasteiger partial charge in [0, 0.05) is 28.3 Å². The number of methoxy groups -OCH3 is 1. The van der Waals surface area contributed by atoms with Crippen molar-refractivity contribution in [3.63, 3.8) is 0 Å². The Hall–Kier alpha value is -2.28. The monoisotopic (exact) mass is 389 g/mol. The van der Waals surface area contributed by atoms with Crippen LogP contribution >= 0.6 is 15.9 Å². The molecule has 2 heterocycles. The van der Waals surface area contributed by atoms with Gasteiger partial charge in [0.05, 0.1) is 18.5 Å². The highest BCUT2D eigenvalue weighted by Gasteiger charge is 2.30.